The fourth-order valence-electron chi connectivity index (χ4n) is 2.44. The van der Waals surface area contributed by atoms with Crippen LogP contribution in [0.2, 0.25) is 0 Å². The average Bonchev–Trinajstić information content (AvgIpc) is 2.91. The fraction of sp³-hybridized carbons (Fsp3) is 0.733. The maximum atomic E-state index is 5.60. The number of aromatic nitrogens is 2. The zero-order valence-electron chi connectivity index (χ0n) is 12.8. The van der Waals surface area contributed by atoms with Crippen LogP contribution >= 0.6 is 0 Å². The predicted octanol–water partition coefficient (Wildman–Crippen LogP) is 2.23. The smallest absolute Gasteiger partial charge is 0.228 e. The standard InChI is InChI=1S/C15H26N4O/c1-4-10-20-14-7-8-16-15(18-14)19-9-5-6-13(19)11-17-12(2)3/h7-8,12-13,17H,4-6,9-11H2,1-3H3. The van der Waals surface area contributed by atoms with E-state index < -0.39 is 0 Å². The van der Waals surface area contributed by atoms with E-state index in [0.29, 0.717) is 24.6 Å². The van der Waals surface area contributed by atoms with Crippen LogP contribution in [0.15, 0.2) is 12.3 Å². The molecule has 1 atom stereocenters. The zero-order valence-corrected chi connectivity index (χ0v) is 12.8. The highest BCUT2D eigenvalue weighted by molar-refractivity contribution is 5.35. The van der Waals surface area contributed by atoms with Gasteiger partial charge in [-0.2, -0.15) is 4.98 Å². The Morgan fingerprint density at radius 2 is 2.35 bits per heavy atom. The van der Waals surface area contributed by atoms with Crippen molar-refractivity contribution in [3.8, 4) is 5.88 Å². The van der Waals surface area contributed by atoms with E-state index in [1.807, 2.05) is 6.07 Å². The maximum absolute atomic E-state index is 5.60. The molecule has 1 N–H and O–H groups in total. The molecule has 0 amide bonds. The van der Waals surface area contributed by atoms with E-state index in [-0.39, 0.29) is 0 Å². The van der Waals surface area contributed by atoms with Gasteiger partial charge in [0.15, 0.2) is 0 Å². The minimum atomic E-state index is 0.485. The average molecular weight is 278 g/mol. The number of nitrogens with one attached hydrogen (secondary N) is 1. The van der Waals surface area contributed by atoms with Gasteiger partial charge in [-0.05, 0) is 19.3 Å². The summed E-state index contributed by atoms with van der Waals surface area (Å²) >= 11 is 0. The lowest BCUT2D eigenvalue weighted by Crippen LogP contribution is -2.41. The molecule has 1 aromatic heterocycles. The highest BCUT2D eigenvalue weighted by atomic mass is 16.5. The van der Waals surface area contributed by atoms with Crippen LogP contribution in [-0.2, 0) is 0 Å². The van der Waals surface area contributed by atoms with Gasteiger partial charge in [0.25, 0.3) is 0 Å². The van der Waals surface area contributed by atoms with Crippen LogP contribution in [-0.4, -0.2) is 41.7 Å². The van der Waals surface area contributed by atoms with E-state index in [0.717, 1.165) is 25.5 Å². The first-order chi connectivity index (χ1) is 9.70. The number of hydrogen-bond donors (Lipinski definition) is 1. The van der Waals surface area contributed by atoms with Crippen LogP contribution in [0.1, 0.15) is 40.0 Å². The molecule has 0 saturated carbocycles. The number of anilines is 1. The molecule has 0 aliphatic carbocycles. The molecule has 0 radical (unpaired) electrons. The predicted molar refractivity (Wildman–Crippen MR) is 81.3 cm³/mol. The first-order valence-electron chi connectivity index (χ1n) is 7.66. The second kappa shape index (κ2) is 7.43. The summed E-state index contributed by atoms with van der Waals surface area (Å²) in [5.74, 6) is 1.48. The SMILES string of the molecule is CCCOc1ccnc(N2CCCC2CNC(C)C)n1. The second-order valence-electron chi connectivity index (χ2n) is 5.60. The summed E-state index contributed by atoms with van der Waals surface area (Å²) in [7, 11) is 0. The summed E-state index contributed by atoms with van der Waals surface area (Å²) in [6, 6.07) is 2.83. The monoisotopic (exact) mass is 278 g/mol. The molecule has 1 aromatic rings. The molecule has 1 aliphatic heterocycles. The molecular formula is C15H26N4O. The quantitative estimate of drug-likeness (QED) is 0.829. The molecule has 1 saturated heterocycles. The largest absolute Gasteiger partial charge is 0.478 e. The highest BCUT2D eigenvalue weighted by Crippen LogP contribution is 2.23. The fourth-order valence-corrected chi connectivity index (χ4v) is 2.44. The van der Waals surface area contributed by atoms with Crippen molar-refractivity contribution in [1.29, 1.82) is 0 Å². The third-order valence-electron chi connectivity index (χ3n) is 3.47. The molecule has 20 heavy (non-hydrogen) atoms. The summed E-state index contributed by atoms with van der Waals surface area (Å²) in [4.78, 5) is 11.2. The van der Waals surface area contributed by atoms with Gasteiger partial charge in [-0.25, -0.2) is 4.98 Å². The van der Waals surface area contributed by atoms with Crippen molar-refractivity contribution in [2.45, 2.75) is 52.1 Å². The van der Waals surface area contributed by atoms with Gasteiger partial charge in [0.1, 0.15) is 0 Å². The number of rotatable bonds is 7. The molecule has 5 nitrogen and oxygen atoms in total. The minimum absolute atomic E-state index is 0.485. The molecule has 1 unspecified atom stereocenters. The molecule has 2 heterocycles. The normalized spacial score (nSPS) is 18.8. The summed E-state index contributed by atoms with van der Waals surface area (Å²) in [5, 5.41) is 3.51. The van der Waals surface area contributed by atoms with Crippen LogP contribution in [0, 0.1) is 0 Å². The Bertz CT molecular complexity index is 411. The molecule has 0 spiro atoms. The Labute approximate surface area is 121 Å². The third-order valence-corrected chi connectivity index (χ3v) is 3.47. The minimum Gasteiger partial charge on any atom is -0.478 e. The lowest BCUT2D eigenvalue weighted by atomic mass is 10.2. The van der Waals surface area contributed by atoms with E-state index in [1.165, 1.54) is 12.8 Å². The second-order valence-corrected chi connectivity index (χ2v) is 5.60. The van der Waals surface area contributed by atoms with Gasteiger partial charge in [0.2, 0.25) is 11.8 Å². The third kappa shape index (κ3) is 4.07. The van der Waals surface area contributed by atoms with Crippen molar-refractivity contribution >= 4 is 5.95 Å². The van der Waals surface area contributed by atoms with Crippen molar-refractivity contribution < 1.29 is 4.74 Å². The van der Waals surface area contributed by atoms with Crippen molar-refractivity contribution in [2.75, 3.05) is 24.6 Å². The van der Waals surface area contributed by atoms with Crippen LogP contribution in [0.4, 0.5) is 5.95 Å². The molecule has 0 aromatic carbocycles. The molecule has 2 rings (SSSR count). The van der Waals surface area contributed by atoms with E-state index in [4.69, 9.17) is 4.74 Å². The topological polar surface area (TPSA) is 50.3 Å². The molecule has 5 heteroatoms. The lowest BCUT2D eigenvalue weighted by molar-refractivity contribution is 0.304. The highest BCUT2D eigenvalue weighted by Gasteiger charge is 2.26. The number of ether oxygens (including phenoxy) is 1. The van der Waals surface area contributed by atoms with Gasteiger partial charge in [-0.15, -0.1) is 0 Å². The van der Waals surface area contributed by atoms with Crippen molar-refractivity contribution in [2.24, 2.45) is 0 Å². The number of nitrogens with zero attached hydrogens (tertiary/aromatic N) is 3. The maximum Gasteiger partial charge on any atom is 0.228 e. The van der Waals surface area contributed by atoms with E-state index in [9.17, 15) is 0 Å². The lowest BCUT2D eigenvalue weighted by Gasteiger charge is -2.25. The van der Waals surface area contributed by atoms with Crippen LogP contribution in [0.3, 0.4) is 0 Å². The summed E-state index contributed by atoms with van der Waals surface area (Å²) in [6.07, 6.45) is 5.18. The van der Waals surface area contributed by atoms with Crippen LogP contribution in [0.25, 0.3) is 0 Å². The van der Waals surface area contributed by atoms with Crippen LogP contribution < -0.4 is 15.0 Å². The summed E-state index contributed by atoms with van der Waals surface area (Å²) < 4.78 is 5.60. The number of hydrogen-bond acceptors (Lipinski definition) is 5. The Balaban J connectivity index is 2.01. The Hall–Kier alpha value is -1.36. The van der Waals surface area contributed by atoms with Crippen LogP contribution in [0.5, 0.6) is 5.88 Å². The van der Waals surface area contributed by atoms with Gasteiger partial charge >= 0.3 is 0 Å². The summed E-state index contributed by atoms with van der Waals surface area (Å²) in [5.41, 5.74) is 0. The van der Waals surface area contributed by atoms with Gasteiger partial charge in [-0.3, -0.25) is 0 Å². The molecule has 1 aliphatic rings. The first kappa shape index (κ1) is 15.0. The Morgan fingerprint density at radius 3 is 3.10 bits per heavy atom. The van der Waals surface area contributed by atoms with Gasteiger partial charge in [-0.1, -0.05) is 20.8 Å². The Kier molecular flexibility index (Phi) is 5.59. The van der Waals surface area contributed by atoms with E-state index >= 15 is 0 Å². The zero-order chi connectivity index (χ0) is 14.4. The van der Waals surface area contributed by atoms with Gasteiger partial charge < -0.3 is 15.0 Å². The first-order valence-corrected chi connectivity index (χ1v) is 7.66. The molecule has 112 valence electrons. The van der Waals surface area contributed by atoms with Crippen molar-refractivity contribution in [3.63, 3.8) is 0 Å². The summed E-state index contributed by atoms with van der Waals surface area (Å²) in [6.45, 7) is 9.16. The molecular weight excluding hydrogens is 252 g/mol. The van der Waals surface area contributed by atoms with Crippen molar-refractivity contribution in [1.82, 2.24) is 15.3 Å². The molecule has 0 bridgehead atoms. The van der Waals surface area contributed by atoms with E-state index in [1.54, 1.807) is 6.20 Å². The van der Waals surface area contributed by atoms with Gasteiger partial charge in [0, 0.05) is 37.4 Å². The van der Waals surface area contributed by atoms with Crippen molar-refractivity contribution in [3.05, 3.63) is 12.3 Å². The van der Waals surface area contributed by atoms with E-state index in [2.05, 4.69) is 41.0 Å². The molecule has 1 fully saturated rings. The Morgan fingerprint density at radius 1 is 1.50 bits per heavy atom. The van der Waals surface area contributed by atoms with Gasteiger partial charge in [0.05, 0.1) is 6.61 Å².